The standard InChI is InChI=1S/C23H27N5O2/c1-2-17-8-10-18(11-9-17)24-22(30)20-16-21(29)26-23(25-20)28-14-12-27(13-15-28)19-6-4-3-5-7-19/h3-11,20H,2,12-16H2,1H3,(H,24,30)(H,25,26,29)/t20-/m0/s1. The Morgan fingerprint density at radius 2 is 1.70 bits per heavy atom. The number of guanidine groups is 1. The van der Waals surface area contributed by atoms with Crippen LogP contribution in [-0.2, 0) is 16.0 Å². The minimum Gasteiger partial charge on any atom is -0.368 e. The monoisotopic (exact) mass is 405 g/mol. The molecule has 30 heavy (non-hydrogen) atoms. The van der Waals surface area contributed by atoms with Crippen molar-refractivity contribution in [2.24, 2.45) is 4.99 Å². The summed E-state index contributed by atoms with van der Waals surface area (Å²) in [5.41, 5.74) is 3.12. The van der Waals surface area contributed by atoms with E-state index in [1.807, 2.05) is 47.4 Å². The van der Waals surface area contributed by atoms with Crippen LogP contribution in [0.3, 0.4) is 0 Å². The predicted molar refractivity (Wildman–Crippen MR) is 119 cm³/mol. The molecule has 0 saturated carbocycles. The van der Waals surface area contributed by atoms with Crippen molar-refractivity contribution >= 4 is 29.1 Å². The number of carbonyl (C=O) groups excluding carboxylic acids is 2. The van der Waals surface area contributed by atoms with Crippen LogP contribution in [0, 0.1) is 0 Å². The normalized spacial score (nSPS) is 19.2. The molecule has 0 aromatic heterocycles. The quantitative estimate of drug-likeness (QED) is 0.818. The highest BCUT2D eigenvalue weighted by Crippen LogP contribution is 2.17. The Labute approximate surface area is 176 Å². The van der Waals surface area contributed by atoms with Gasteiger partial charge in [-0.15, -0.1) is 0 Å². The zero-order valence-electron chi connectivity index (χ0n) is 17.2. The first-order valence-corrected chi connectivity index (χ1v) is 10.4. The molecule has 2 aliphatic heterocycles. The van der Waals surface area contributed by atoms with Crippen molar-refractivity contribution in [2.75, 3.05) is 36.4 Å². The number of nitrogens with zero attached hydrogens (tertiary/aromatic N) is 3. The van der Waals surface area contributed by atoms with Crippen LogP contribution >= 0.6 is 0 Å². The van der Waals surface area contributed by atoms with Gasteiger partial charge >= 0.3 is 0 Å². The number of para-hydroxylation sites is 1. The maximum Gasteiger partial charge on any atom is 0.249 e. The number of hydrogen-bond donors (Lipinski definition) is 2. The number of anilines is 2. The number of aliphatic imine (C=N–C) groups is 1. The van der Waals surface area contributed by atoms with E-state index in [2.05, 4.69) is 39.6 Å². The fraction of sp³-hybridized carbons (Fsp3) is 0.348. The molecular weight excluding hydrogens is 378 g/mol. The lowest BCUT2D eigenvalue weighted by atomic mass is 10.1. The summed E-state index contributed by atoms with van der Waals surface area (Å²) in [5.74, 6) is 0.0712. The fourth-order valence-corrected chi connectivity index (χ4v) is 3.75. The summed E-state index contributed by atoms with van der Waals surface area (Å²) >= 11 is 0. The lowest BCUT2D eigenvalue weighted by Crippen LogP contribution is -2.56. The van der Waals surface area contributed by atoms with E-state index in [0.29, 0.717) is 5.96 Å². The third-order valence-electron chi connectivity index (χ3n) is 5.54. The molecule has 1 saturated heterocycles. The van der Waals surface area contributed by atoms with Gasteiger partial charge in [0.1, 0.15) is 6.04 Å². The van der Waals surface area contributed by atoms with Crippen LogP contribution in [-0.4, -0.2) is 54.9 Å². The van der Waals surface area contributed by atoms with Gasteiger partial charge in [0.15, 0.2) is 0 Å². The molecule has 2 aliphatic rings. The predicted octanol–water partition coefficient (Wildman–Crippen LogP) is 2.25. The second-order valence-corrected chi connectivity index (χ2v) is 7.57. The summed E-state index contributed by atoms with van der Waals surface area (Å²) in [4.78, 5) is 33.9. The Kier molecular flexibility index (Phi) is 5.97. The Hall–Kier alpha value is -3.35. The third-order valence-corrected chi connectivity index (χ3v) is 5.54. The van der Waals surface area contributed by atoms with Crippen molar-refractivity contribution in [2.45, 2.75) is 25.8 Å². The second kappa shape index (κ2) is 8.98. The largest absolute Gasteiger partial charge is 0.368 e. The van der Waals surface area contributed by atoms with Gasteiger partial charge in [-0.1, -0.05) is 37.3 Å². The average Bonchev–Trinajstić information content (AvgIpc) is 2.80. The number of piperazine rings is 1. The van der Waals surface area contributed by atoms with Crippen LogP contribution in [0.1, 0.15) is 18.9 Å². The van der Waals surface area contributed by atoms with Crippen molar-refractivity contribution in [3.05, 3.63) is 60.2 Å². The molecule has 7 nitrogen and oxygen atoms in total. The van der Waals surface area contributed by atoms with Crippen molar-refractivity contribution in [1.82, 2.24) is 10.2 Å². The molecule has 156 valence electrons. The maximum atomic E-state index is 12.7. The van der Waals surface area contributed by atoms with Crippen LogP contribution in [0.4, 0.5) is 11.4 Å². The van der Waals surface area contributed by atoms with E-state index in [1.165, 1.54) is 11.3 Å². The summed E-state index contributed by atoms with van der Waals surface area (Å²) in [6, 6.07) is 17.3. The van der Waals surface area contributed by atoms with E-state index >= 15 is 0 Å². The maximum absolute atomic E-state index is 12.7. The van der Waals surface area contributed by atoms with Crippen molar-refractivity contribution in [3.63, 3.8) is 0 Å². The van der Waals surface area contributed by atoms with Gasteiger partial charge in [0.2, 0.25) is 17.8 Å². The third kappa shape index (κ3) is 4.62. The highest BCUT2D eigenvalue weighted by molar-refractivity contribution is 6.06. The molecule has 7 heteroatoms. The Bertz CT molecular complexity index is 918. The van der Waals surface area contributed by atoms with Crippen LogP contribution in [0.5, 0.6) is 0 Å². The molecule has 0 spiro atoms. The molecule has 4 rings (SSSR count). The number of hydrogen-bond acceptors (Lipinski definition) is 5. The average molecular weight is 406 g/mol. The van der Waals surface area contributed by atoms with E-state index in [9.17, 15) is 9.59 Å². The molecule has 2 aromatic carbocycles. The summed E-state index contributed by atoms with van der Waals surface area (Å²) < 4.78 is 0. The lowest BCUT2D eigenvalue weighted by Gasteiger charge is -2.38. The van der Waals surface area contributed by atoms with E-state index in [0.717, 1.165) is 38.3 Å². The van der Waals surface area contributed by atoms with E-state index in [-0.39, 0.29) is 18.2 Å². The van der Waals surface area contributed by atoms with Crippen LogP contribution < -0.4 is 15.5 Å². The lowest BCUT2D eigenvalue weighted by molar-refractivity contribution is -0.125. The smallest absolute Gasteiger partial charge is 0.249 e. The highest BCUT2D eigenvalue weighted by Gasteiger charge is 2.30. The molecule has 0 radical (unpaired) electrons. The summed E-state index contributed by atoms with van der Waals surface area (Å²) in [6.07, 6.45) is 1.01. The summed E-state index contributed by atoms with van der Waals surface area (Å²) in [7, 11) is 0. The number of amides is 2. The zero-order chi connectivity index (χ0) is 20.9. The van der Waals surface area contributed by atoms with Gasteiger partial charge in [0, 0.05) is 37.6 Å². The SMILES string of the molecule is CCc1ccc(NC(=O)[C@@H]2CC(=O)NC(N3CCN(c4ccccc4)CC3)=N2)cc1. The molecule has 0 bridgehead atoms. The molecule has 2 aromatic rings. The van der Waals surface area contributed by atoms with Crippen LogP contribution in [0.2, 0.25) is 0 Å². The summed E-state index contributed by atoms with van der Waals surface area (Å²) in [5, 5.41) is 5.73. The Morgan fingerprint density at radius 1 is 1.03 bits per heavy atom. The topological polar surface area (TPSA) is 77.0 Å². The van der Waals surface area contributed by atoms with Crippen molar-refractivity contribution in [1.29, 1.82) is 0 Å². The molecule has 0 unspecified atom stereocenters. The first kappa shape index (κ1) is 19.9. The van der Waals surface area contributed by atoms with Gasteiger partial charge in [0.25, 0.3) is 0 Å². The van der Waals surface area contributed by atoms with Crippen molar-refractivity contribution < 1.29 is 9.59 Å². The first-order chi connectivity index (χ1) is 14.6. The van der Waals surface area contributed by atoms with E-state index < -0.39 is 6.04 Å². The Balaban J connectivity index is 1.39. The molecular formula is C23H27N5O2. The van der Waals surface area contributed by atoms with Crippen molar-refractivity contribution in [3.8, 4) is 0 Å². The van der Waals surface area contributed by atoms with Gasteiger partial charge in [0.05, 0.1) is 6.42 Å². The minimum absolute atomic E-state index is 0.0619. The molecule has 0 aliphatic carbocycles. The second-order valence-electron chi connectivity index (χ2n) is 7.57. The van der Waals surface area contributed by atoms with Gasteiger partial charge in [-0.2, -0.15) is 0 Å². The number of benzene rings is 2. The molecule has 1 atom stereocenters. The van der Waals surface area contributed by atoms with Gasteiger partial charge in [-0.25, -0.2) is 4.99 Å². The van der Waals surface area contributed by atoms with Crippen LogP contribution in [0.15, 0.2) is 59.6 Å². The van der Waals surface area contributed by atoms with Gasteiger partial charge in [-0.05, 0) is 36.2 Å². The minimum atomic E-state index is -0.716. The zero-order valence-corrected chi connectivity index (χ0v) is 17.2. The highest BCUT2D eigenvalue weighted by atomic mass is 16.2. The molecule has 1 fully saturated rings. The fourth-order valence-electron chi connectivity index (χ4n) is 3.75. The van der Waals surface area contributed by atoms with Gasteiger partial charge in [-0.3, -0.25) is 14.9 Å². The van der Waals surface area contributed by atoms with Crippen LogP contribution in [0.25, 0.3) is 0 Å². The number of aryl methyl sites for hydroxylation is 1. The number of carbonyl (C=O) groups is 2. The molecule has 2 amide bonds. The summed E-state index contributed by atoms with van der Waals surface area (Å²) in [6.45, 7) is 5.23. The Morgan fingerprint density at radius 3 is 2.37 bits per heavy atom. The first-order valence-electron chi connectivity index (χ1n) is 10.4. The van der Waals surface area contributed by atoms with E-state index in [4.69, 9.17) is 0 Å². The van der Waals surface area contributed by atoms with E-state index in [1.54, 1.807) is 0 Å². The molecule has 2 N–H and O–H groups in total. The number of nitrogens with one attached hydrogen (secondary N) is 2. The van der Waals surface area contributed by atoms with Gasteiger partial charge < -0.3 is 15.1 Å². The number of rotatable bonds is 4. The molecule has 2 heterocycles.